The summed E-state index contributed by atoms with van der Waals surface area (Å²) < 4.78 is 12.8. The van der Waals surface area contributed by atoms with Crippen molar-refractivity contribution in [3.63, 3.8) is 0 Å². The van der Waals surface area contributed by atoms with Crippen molar-refractivity contribution in [1.82, 2.24) is 19.4 Å². The van der Waals surface area contributed by atoms with Gasteiger partial charge in [0, 0.05) is 35.6 Å². The average Bonchev–Trinajstić information content (AvgIpc) is 3.16. The van der Waals surface area contributed by atoms with Crippen LogP contribution in [0.15, 0.2) is 48.0 Å². The van der Waals surface area contributed by atoms with E-state index in [4.69, 9.17) is 9.47 Å². The fourth-order valence-corrected chi connectivity index (χ4v) is 3.16. The van der Waals surface area contributed by atoms with Crippen LogP contribution < -0.4 is 9.47 Å². The van der Waals surface area contributed by atoms with Gasteiger partial charge in [-0.25, -0.2) is 15.0 Å². The molecule has 6 nitrogen and oxygen atoms in total. The highest BCUT2D eigenvalue weighted by atomic mass is 32.2. The van der Waals surface area contributed by atoms with Crippen LogP contribution in [-0.4, -0.2) is 39.8 Å². The van der Waals surface area contributed by atoms with Gasteiger partial charge < -0.3 is 9.47 Å². The summed E-state index contributed by atoms with van der Waals surface area (Å²) in [6.45, 7) is 0. The Labute approximate surface area is 148 Å². The fourth-order valence-electron chi connectivity index (χ4n) is 2.83. The molecule has 0 spiro atoms. The zero-order chi connectivity index (χ0) is 17.4. The molecule has 0 fully saturated rings. The molecule has 0 amide bonds. The standard InChI is InChI=1S/C18H16N4O2S/c1-23-13-6-11(7-14(9-13)24-2)15-8-12-10-20-18(25-3)21-16(12)22-5-4-19-17(15)22/h4-10H,1-3H3. The second-order valence-corrected chi connectivity index (χ2v) is 6.19. The lowest BCUT2D eigenvalue weighted by atomic mass is 10.0. The van der Waals surface area contributed by atoms with Gasteiger partial charge in [0.2, 0.25) is 0 Å². The number of imidazole rings is 1. The molecule has 4 rings (SSSR count). The molecule has 0 atom stereocenters. The Morgan fingerprint density at radius 3 is 2.40 bits per heavy atom. The summed E-state index contributed by atoms with van der Waals surface area (Å²) in [6, 6.07) is 7.84. The van der Waals surface area contributed by atoms with Gasteiger partial charge in [-0.15, -0.1) is 0 Å². The van der Waals surface area contributed by atoms with Gasteiger partial charge in [-0.1, -0.05) is 11.8 Å². The second kappa shape index (κ2) is 6.25. The van der Waals surface area contributed by atoms with Gasteiger partial charge in [0.1, 0.15) is 22.8 Å². The third-order valence-electron chi connectivity index (χ3n) is 4.03. The highest BCUT2D eigenvalue weighted by molar-refractivity contribution is 7.98. The predicted octanol–water partition coefficient (Wildman–Crippen LogP) is 3.68. The van der Waals surface area contributed by atoms with E-state index in [1.54, 1.807) is 20.4 Å². The molecule has 0 unspecified atom stereocenters. The van der Waals surface area contributed by atoms with Crippen molar-refractivity contribution in [1.29, 1.82) is 0 Å². The number of rotatable bonds is 4. The monoisotopic (exact) mass is 352 g/mol. The Kier molecular flexibility index (Phi) is 3.93. The molecule has 1 aromatic carbocycles. The Balaban J connectivity index is 2.03. The molecule has 0 saturated heterocycles. The molecule has 0 aliphatic rings. The SMILES string of the molecule is COc1cc(OC)cc(-c2cc3cnc(SC)nc3n3ccnc23)c1. The fraction of sp³-hybridized carbons (Fsp3) is 0.167. The largest absolute Gasteiger partial charge is 0.497 e. The number of aromatic nitrogens is 4. The van der Waals surface area contributed by atoms with E-state index in [-0.39, 0.29) is 0 Å². The molecular weight excluding hydrogens is 336 g/mol. The van der Waals surface area contributed by atoms with E-state index in [0.29, 0.717) is 0 Å². The Morgan fingerprint density at radius 2 is 1.72 bits per heavy atom. The van der Waals surface area contributed by atoms with E-state index in [0.717, 1.165) is 44.5 Å². The van der Waals surface area contributed by atoms with Crippen LogP contribution >= 0.6 is 11.8 Å². The van der Waals surface area contributed by atoms with E-state index in [2.05, 4.69) is 21.0 Å². The number of benzene rings is 1. The predicted molar refractivity (Wildman–Crippen MR) is 98.6 cm³/mol. The summed E-state index contributed by atoms with van der Waals surface area (Å²) in [6.07, 6.45) is 7.49. The van der Waals surface area contributed by atoms with E-state index >= 15 is 0 Å². The highest BCUT2D eigenvalue weighted by Crippen LogP contribution is 2.33. The molecule has 0 bridgehead atoms. The van der Waals surface area contributed by atoms with Crippen molar-refractivity contribution in [2.45, 2.75) is 5.16 Å². The molecule has 7 heteroatoms. The minimum Gasteiger partial charge on any atom is -0.497 e. The van der Waals surface area contributed by atoms with E-state index in [1.165, 1.54) is 11.8 Å². The van der Waals surface area contributed by atoms with E-state index in [9.17, 15) is 0 Å². The molecule has 126 valence electrons. The van der Waals surface area contributed by atoms with Gasteiger partial charge in [0.05, 0.1) is 14.2 Å². The number of fused-ring (bicyclic) bond motifs is 3. The summed E-state index contributed by atoms with van der Waals surface area (Å²) in [4.78, 5) is 13.5. The van der Waals surface area contributed by atoms with E-state index < -0.39 is 0 Å². The molecule has 3 aromatic heterocycles. The van der Waals surface area contributed by atoms with Gasteiger partial charge in [0.15, 0.2) is 5.16 Å². The molecule has 0 saturated carbocycles. The lowest BCUT2D eigenvalue weighted by Crippen LogP contribution is -1.97. The van der Waals surface area contributed by atoms with Gasteiger partial charge in [-0.05, 0) is 30.0 Å². The normalized spacial score (nSPS) is 11.2. The van der Waals surface area contributed by atoms with Crippen molar-refractivity contribution in [2.24, 2.45) is 0 Å². The summed E-state index contributed by atoms with van der Waals surface area (Å²) in [7, 11) is 3.28. The first-order valence-corrected chi connectivity index (χ1v) is 8.86. The minimum absolute atomic E-state index is 0.730. The van der Waals surface area contributed by atoms with Gasteiger partial charge in [-0.2, -0.15) is 0 Å². The number of pyridine rings is 1. The molecule has 0 aliphatic carbocycles. The van der Waals surface area contributed by atoms with Crippen molar-refractivity contribution in [3.8, 4) is 22.6 Å². The minimum atomic E-state index is 0.730. The van der Waals surface area contributed by atoms with Crippen LogP contribution in [0.5, 0.6) is 11.5 Å². The summed E-state index contributed by atoms with van der Waals surface area (Å²) in [5.74, 6) is 1.46. The van der Waals surface area contributed by atoms with Gasteiger partial charge in [0.25, 0.3) is 0 Å². The number of thioether (sulfide) groups is 1. The molecular formula is C18H16N4O2S. The zero-order valence-corrected chi connectivity index (χ0v) is 14.9. The third-order valence-corrected chi connectivity index (χ3v) is 4.59. The van der Waals surface area contributed by atoms with Gasteiger partial charge >= 0.3 is 0 Å². The quantitative estimate of drug-likeness (QED) is 0.412. The van der Waals surface area contributed by atoms with Crippen LogP contribution in [0.2, 0.25) is 0 Å². The molecule has 25 heavy (non-hydrogen) atoms. The first-order valence-electron chi connectivity index (χ1n) is 7.63. The highest BCUT2D eigenvalue weighted by Gasteiger charge is 2.13. The Hall–Kier alpha value is -2.80. The van der Waals surface area contributed by atoms with Crippen LogP contribution in [0.4, 0.5) is 0 Å². The van der Waals surface area contributed by atoms with Gasteiger partial charge in [-0.3, -0.25) is 4.40 Å². The maximum atomic E-state index is 5.40. The number of nitrogens with zero attached hydrogens (tertiary/aromatic N) is 4. The van der Waals surface area contributed by atoms with Crippen molar-refractivity contribution in [3.05, 3.63) is 42.9 Å². The number of ether oxygens (including phenoxy) is 2. The molecule has 0 N–H and O–H groups in total. The molecule has 3 heterocycles. The van der Waals surface area contributed by atoms with Crippen molar-refractivity contribution >= 4 is 28.4 Å². The Bertz CT molecular complexity index is 1060. The maximum absolute atomic E-state index is 5.40. The summed E-state index contributed by atoms with van der Waals surface area (Å²) in [5.41, 5.74) is 3.59. The maximum Gasteiger partial charge on any atom is 0.189 e. The number of hydrogen-bond acceptors (Lipinski definition) is 6. The van der Waals surface area contributed by atoms with Crippen molar-refractivity contribution in [2.75, 3.05) is 20.5 Å². The Morgan fingerprint density at radius 1 is 0.960 bits per heavy atom. The number of hydrogen-bond donors (Lipinski definition) is 0. The molecule has 0 aliphatic heterocycles. The number of methoxy groups -OCH3 is 2. The summed E-state index contributed by atoms with van der Waals surface area (Å²) >= 11 is 1.52. The van der Waals surface area contributed by atoms with E-state index in [1.807, 2.05) is 41.2 Å². The zero-order valence-electron chi connectivity index (χ0n) is 14.1. The lowest BCUT2D eigenvalue weighted by molar-refractivity contribution is 0.394. The van der Waals surface area contributed by atoms with Crippen LogP contribution in [-0.2, 0) is 0 Å². The first-order chi connectivity index (χ1) is 12.2. The van der Waals surface area contributed by atoms with Crippen LogP contribution in [0.3, 0.4) is 0 Å². The molecule has 0 radical (unpaired) electrons. The van der Waals surface area contributed by atoms with Crippen LogP contribution in [0.1, 0.15) is 0 Å². The van der Waals surface area contributed by atoms with Crippen LogP contribution in [0, 0.1) is 0 Å². The first kappa shape index (κ1) is 15.7. The topological polar surface area (TPSA) is 61.5 Å². The second-order valence-electron chi connectivity index (χ2n) is 5.42. The average molecular weight is 352 g/mol. The molecule has 4 aromatic rings. The summed E-state index contributed by atoms with van der Waals surface area (Å²) in [5, 5.41) is 1.68. The van der Waals surface area contributed by atoms with Crippen molar-refractivity contribution < 1.29 is 9.47 Å². The smallest absolute Gasteiger partial charge is 0.189 e. The third kappa shape index (κ3) is 2.66. The lowest BCUT2D eigenvalue weighted by Gasteiger charge is -2.11. The van der Waals surface area contributed by atoms with Crippen LogP contribution in [0.25, 0.3) is 27.8 Å².